The van der Waals surface area contributed by atoms with Crippen LogP contribution in [0.1, 0.15) is 81.4 Å². The number of aromatic nitrogens is 5. The number of fused-ring (bicyclic) bond motifs is 1. The van der Waals surface area contributed by atoms with Gasteiger partial charge in [0.25, 0.3) is 5.56 Å². The Hall–Kier alpha value is -2.58. The van der Waals surface area contributed by atoms with Crippen molar-refractivity contribution in [1.29, 1.82) is 0 Å². The van der Waals surface area contributed by atoms with Gasteiger partial charge in [0.15, 0.2) is 5.82 Å². The van der Waals surface area contributed by atoms with E-state index in [4.69, 9.17) is 4.74 Å². The van der Waals surface area contributed by atoms with Crippen molar-refractivity contribution in [1.82, 2.24) is 30.1 Å². The predicted octanol–water partition coefficient (Wildman–Crippen LogP) is 4.32. The van der Waals surface area contributed by atoms with Crippen LogP contribution in [0, 0.1) is 12.8 Å². The number of para-hydroxylation sites is 1. The summed E-state index contributed by atoms with van der Waals surface area (Å²) in [6, 6.07) is 8.53. The molecule has 182 valence electrons. The summed E-state index contributed by atoms with van der Waals surface area (Å²) in [5.74, 6) is 1.18. The molecule has 0 amide bonds. The number of tetrazole rings is 1. The number of nitrogens with zero attached hydrogens (tertiary/aromatic N) is 5. The van der Waals surface area contributed by atoms with E-state index in [1.54, 1.807) is 0 Å². The summed E-state index contributed by atoms with van der Waals surface area (Å²) in [5, 5.41) is 14.1. The summed E-state index contributed by atoms with van der Waals surface area (Å²) in [5.41, 5.74) is 2.72. The van der Waals surface area contributed by atoms with E-state index < -0.39 is 0 Å². The van der Waals surface area contributed by atoms with Gasteiger partial charge in [-0.2, -0.15) is 0 Å². The first kappa shape index (κ1) is 23.2. The molecule has 2 fully saturated rings. The fourth-order valence-corrected chi connectivity index (χ4v) is 5.78. The lowest BCUT2D eigenvalue weighted by Crippen LogP contribution is -2.40. The summed E-state index contributed by atoms with van der Waals surface area (Å²) < 4.78 is 8.09. The van der Waals surface area contributed by atoms with E-state index >= 15 is 0 Å². The third kappa shape index (κ3) is 4.66. The smallest absolute Gasteiger partial charge is 0.252 e. The normalized spacial score (nSPS) is 20.2. The molecule has 0 spiro atoms. The van der Waals surface area contributed by atoms with E-state index in [0.29, 0.717) is 12.6 Å². The fourth-order valence-electron chi connectivity index (χ4n) is 5.78. The molecule has 34 heavy (non-hydrogen) atoms. The molecule has 1 saturated heterocycles. The monoisotopic (exact) mass is 464 g/mol. The van der Waals surface area contributed by atoms with Gasteiger partial charge in [0, 0.05) is 25.3 Å². The van der Waals surface area contributed by atoms with Crippen LogP contribution in [-0.2, 0) is 11.3 Å². The lowest BCUT2D eigenvalue weighted by atomic mass is 9.99. The molecular weight excluding hydrogens is 428 g/mol. The molecular formula is C26H36N6O2. The highest BCUT2D eigenvalue weighted by molar-refractivity contribution is 5.81. The molecule has 3 heterocycles. The second-order valence-corrected chi connectivity index (χ2v) is 10.3. The maximum Gasteiger partial charge on any atom is 0.252 e. The molecule has 0 unspecified atom stereocenters. The Balaban J connectivity index is 1.52. The molecule has 8 nitrogen and oxygen atoms in total. The first-order valence-electron chi connectivity index (χ1n) is 12.8. The van der Waals surface area contributed by atoms with Crippen LogP contribution in [0.2, 0.25) is 0 Å². The number of nitrogens with one attached hydrogen (secondary N) is 1. The van der Waals surface area contributed by atoms with Crippen LogP contribution in [0.5, 0.6) is 0 Å². The Kier molecular flexibility index (Phi) is 6.79. The Labute approximate surface area is 200 Å². The van der Waals surface area contributed by atoms with Crippen LogP contribution in [0.3, 0.4) is 0 Å². The number of aryl methyl sites for hydroxylation is 1. The Morgan fingerprint density at radius 1 is 1.21 bits per heavy atom. The number of hydrogen-bond acceptors (Lipinski definition) is 6. The van der Waals surface area contributed by atoms with Gasteiger partial charge in [-0.1, -0.05) is 44.9 Å². The van der Waals surface area contributed by atoms with E-state index in [2.05, 4.69) is 50.0 Å². The molecule has 1 N–H and O–H groups in total. The second kappa shape index (κ2) is 9.96. The van der Waals surface area contributed by atoms with E-state index in [-0.39, 0.29) is 23.6 Å². The standard InChI is InChI=1S/C26H36N6O2/c1-17(2)24(25-28-29-30-32(25)21-10-4-5-11-21)31(16-22-12-7-13-34-22)15-20-14-19-9-6-8-18(3)23(19)27-26(20)33/h6,8-9,14,17,21-22,24H,4-5,7,10-13,15-16H2,1-3H3,(H,27,33)/t22-,24+/m0/s1. The van der Waals surface area contributed by atoms with Gasteiger partial charge in [-0.25, -0.2) is 4.68 Å². The number of H-pyrrole nitrogens is 1. The predicted molar refractivity (Wildman–Crippen MR) is 132 cm³/mol. The maximum atomic E-state index is 13.2. The van der Waals surface area contributed by atoms with Crippen LogP contribution < -0.4 is 5.56 Å². The lowest BCUT2D eigenvalue weighted by Gasteiger charge is -2.35. The van der Waals surface area contributed by atoms with Gasteiger partial charge in [0.1, 0.15) is 0 Å². The van der Waals surface area contributed by atoms with Gasteiger partial charge >= 0.3 is 0 Å². The van der Waals surface area contributed by atoms with E-state index in [0.717, 1.165) is 66.7 Å². The van der Waals surface area contributed by atoms with Crippen LogP contribution in [0.4, 0.5) is 0 Å². The molecule has 5 rings (SSSR count). The Morgan fingerprint density at radius 3 is 2.76 bits per heavy atom. The highest BCUT2D eigenvalue weighted by Crippen LogP contribution is 2.35. The first-order valence-corrected chi connectivity index (χ1v) is 12.8. The summed E-state index contributed by atoms with van der Waals surface area (Å²) in [6.45, 7) is 8.55. The minimum absolute atomic E-state index is 0.00703. The molecule has 2 atom stereocenters. The van der Waals surface area contributed by atoms with Crippen molar-refractivity contribution in [2.45, 2.75) is 84.0 Å². The zero-order valence-corrected chi connectivity index (χ0v) is 20.5. The average Bonchev–Trinajstić information content (AvgIpc) is 3.58. The van der Waals surface area contributed by atoms with Crippen LogP contribution in [-0.4, -0.2) is 49.3 Å². The van der Waals surface area contributed by atoms with Crippen molar-refractivity contribution in [3.05, 3.63) is 51.6 Å². The molecule has 3 aromatic rings. The summed E-state index contributed by atoms with van der Waals surface area (Å²) >= 11 is 0. The molecule has 2 aromatic heterocycles. The van der Waals surface area contributed by atoms with E-state index in [1.807, 2.05) is 25.1 Å². The van der Waals surface area contributed by atoms with E-state index in [9.17, 15) is 4.79 Å². The maximum absolute atomic E-state index is 13.2. The quantitative estimate of drug-likeness (QED) is 0.534. The SMILES string of the molecule is Cc1cccc2cc(CN(C[C@@H]3CCCO3)[C@@H](c3nnnn3C3CCCC3)C(C)C)c(=O)[nH]c12. The molecule has 0 radical (unpaired) electrons. The minimum atomic E-state index is -0.0305. The molecule has 1 aromatic carbocycles. The summed E-state index contributed by atoms with van der Waals surface area (Å²) in [7, 11) is 0. The lowest BCUT2D eigenvalue weighted by molar-refractivity contribution is 0.0379. The minimum Gasteiger partial charge on any atom is -0.377 e. The third-order valence-electron chi connectivity index (χ3n) is 7.48. The van der Waals surface area contributed by atoms with Gasteiger partial charge in [0.2, 0.25) is 0 Å². The number of hydrogen-bond donors (Lipinski definition) is 1. The van der Waals surface area contributed by atoms with E-state index in [1.165, 1.54) is 12.8 Å². The highest BCUT2D eigenvalue weighted by Gasteiger charge is 2.34. The van der Waals surface area contributed by atoms with Crippen molar-refractivity contribution < 1.29 is 4.74 Å². The van der Waals surface area contributed by atoms with Crippen molar-refractivity contribution in [2.24, 2.45) is 5.92 Å². The number of aromatic amines is 1. The molecule has 1 saturated carbocycles. The topological polar surface area (TPSA) is 88.9 Å². The molecule has 8 heteroatoms. The van der Waals surface area contributed by atoms with Gasteiger partial charge in [-0.05, 0) is 66.0 Å². The second-order valence-electron chi connectivity index (χ2n) is 10.3. The first-order chi connectivity index (χ1) is 16.5. The van der Waals surface area contributed by atoms with Crippen molar-refractivity contribution in [3.8, 4) is 0 Å². The zero-order valence-electron chi connectivity index (χ0n) is 20.5. The van der Waals surface area contributed by atoms with Gasteiger partial charge in [-0.3, -0.25) is 9.69 Å². The van der Waals surface area contributed by atoms with Crippen LogP contribution in [0.25, 0.3) is 10.9 Å². The Bertz CT molecular complexity index is 1170. The van der Waals surface area contributed by atoms with Crippen LogP contribution >= 0.6 is 0 Å². The largest absolute Gasteiger partial charge is 0.377 e. The molecule has 0 bridgehead atoms. The van der Waals surface area contributed by atoms with Crippen molar-refractivity contribution >= 4 is 10.9 Å². The Morgan fingerprint density at radius 2 is 2.03 bits per heavy atom. The van der Waals surface area contributed by atoms with Gasteiger partial charge in [0.05, 0.1) is 23.7 Å². The zero-order chi connectivity index (χ0) is 23.7. The summed E-state index contributed by atoms with van der Waals surface area (Å²) in [4.78, 5) is 18.7. The fraction of sp³-hybridized carbons (Fsp3) is 0.615. The van der Waals surface area contributed by atoms with Crippen LogP contribution in [0.15, 0.2) is 29.1 Å². The van der Waals surface area contributed by atoms with Crippen molar-refractivity contribution in [2.75, 3.05) is 13.2 Å². The number of ether oxygens (including phenoxy) is 1. The number of pyridine rings is 1. The van der Waals surface area contributed by atoms with Crippen molar-refractivity contribution in [3.63, 3.8) is 0 Å². The van der Waals surface area contributed by atoms with Gasteiger partial charge in [-0.15, -0.1) is 5.10 Å². The number of rotatable bonds is 8. The highest BCUT2D eigenvalue weighted by atomic mass is 16.5. The molecule has 2 aliphatic rings. The average molecular weight is 465 g/mol. The van der Waals surface area contributed by atoms with Gasteiger partial charge < -0.3 is 9.72 Å². The third-order valence-corrected chi connectivity index (χ3v) is 7.48. The molecule has 1 aliphatic carbocycles. The summed E-state index contributed by atoms with van der Waals surface area (Å²) in [6.07, 6.45) is 6.99. The number of benzene rings is 1. The molecule has 1 aliphatic heterocycles.